The second-order valence-electron chi connectivity index (χ2n) is 7.76. The molecule has 0 bridgehead atoms. The maximum Gasteiger partial charge on any atom is 0.317 e. The predicted molar refractivity (Wildman–Crippen MR) is 135 cm³/mol. The number of urea groups is 1. The van der Waals surface area contributed by atoms with Crippen LogP contribution < -0.4 is 29.7 Å². The largest absolute Gasteiger partial charge is 0.493 e. The molecule has 3 rings (SSSR count). The minimum Gasteiger partial charge on any atom is -0.493 e. The van der Waals surface area contributed by atoms with E-state index in [-0.39, 0.29) is 17.2 Å². The Morgan fingerprint density at radius 3 is 2.24 bits per heavy atom. The Morgan fingerprint density at radius 1 is 1.03 bits per heavy atom. The monoisotopic (exact) mass is 534 g/mol. The molecule has 1 aliphatic rings. The molecule has 0 saturated heterocycles. The maximum atomic E-state index is 13.0. The van der Waals surface area contributed by atoms with Gasteiger partial charge in [0.25, 0.3) is 0 Å². The zero-order valence-corrected chi connectivity index (χ0v) is 22.0. The summed E-state index contributed by atoms with van der Waals surface area (Å²) in [6.45, 7) is 5.03. The van der Waals surface area contributed by atoms with E-state index in [0.717, 1.165) is 21.2 Å². The number of hydrogen-bond donors (Lipinski definition) is 1. The Labute approximate surface area is 208 Å². The summed E-state index contributed by atoms with van der Waals surface area (Å²) in [7, 11) is 6.15. The normalized spacial score (nSPS) is 14.3. The van der Waals surface area contributed by atoms with E-state index in [1.54, 1.807) is 38.4 Å². The molecule has 2 aromatic carbocycles. The molecule has 0 radical (unpaired) electrons. The number of nitrogens with zero attached hydrogens (tertiary/aromatic N) is 1. The van der Waals surface area contributed by atoms with Crippen LogP contribution in [-0.4, -0.2) is 52.5 Å². The van der Waals surface area contributed by atoms with Gasteiger partial charge >= 0.3 is 6.03 Å². The molecule has 1 N–H and O–H groups in total. The van der Waals surface area contributed by atoms with Gasteiger partial charge in [-0.2, -0.15) is 0 Å². The highest BCUT2D eigenvalue weighted by Crippen LogP contribution is 2.54. The van der Waals surface area contributed by atoms with Crippen LogP contribution in [0.25, 0.3) is 11.1 Å². The van der Waals surface area contributed by atoms with E-state index in [1.807, 2.05) is 19.9 Å². The first-order valence-corrected chi connectivity index (χ1v) is 11.9. The first kappa shape index (κ1) is 25.7. The molecule has 1 atom stereocenters. The van der Waals surface area contributed by atoms with E-state index in [1.165, 1.54) is 7.11 Å². The topological polar surface area (TPSA) is 86.3 Å². The van der Waals surface area contributed by atoms with Crippen molar-refractivity contribution in [2.24, 2.45) is 0 Å². The SMILES string of the molecule is CCN(CC)C(=O)N[C@H]1CCc2c(Br)c(OC)c(OC)c(OC)c2-c2ccc(OC)c(=O)cc21. The van der Waals surface area contributed by atoms with Crippen molar-refractivity contribution in [1.82, 2.24) is 10.2 Å². The van der Waals surface area contributed by atoms with Gasteiger partial charge in [0.1, 0.15) is 0 Å². The van der Waals surface area contributed by atoms with Crippen LogP contribution in [-0.2, 0) is 6.42 Å². The molecule has 0 heterocycles. The molecule has 0 aliphatic heterocycles. The lowest BCUT2D eigenvalue weighted by molar-refractivity contribution is 0.198. The van der Waals surface area contributed by atoms with Crippen molar-refractivity contribution in [3.8, 4) is 34.1 Å². The number of rotatable bonds is 7. The van der Waals surface area contributed by atoms with Crippen molar-refractivity contribution in [3.05, 3.63) is 44.0 Å². The van der Waals surface area contributed by atoms with Gasteiger partial charge in [-0.15, -0.1) is 0 Å². The number of ether oxygens (including phenoxy) is 4. The molecule has 0 spiro atoms. The molecule has 0 aromatic heterocycles. The highest BCUT2D eigenvalue weighted by molar-refractivity contribution is 9.10. The average Bonchev–Trinajstić information content (AvgIpc) is 3.08. The summed E-state index contributed by atoms with van der Waals surface area (Å²) < 4.78 is 23.2. The van der Waals surface area contributed by atoms with Crippen LogP contribution >= 0.6 is 15.9 Å². The summed E-state index contributed by atoms with van der Waals surface area (Å²) in [6.07, 6.45) is 1.16. The van der Waals surface area contributed by atoms with Crippen molar-refractivity contribution in [3.63, 3.8) is 0 Å². The molecule has 34 heavy (non-hydrogen) atoms. The van der Waals surface area contributed by atoms with Crippen LogP contribution in [0.2, 0.25) is 0 Å². The van der Waals surface area contributed by atoms with E-state index >= 15 is 0 Å². The van der Waals surface area contributed by atoms with Gasteiger partial charge in [-0.1, -0.05) is 6.07 Å². The van der Waals surface area contributed by atoms with Gasteiger partial charge in [0.05, 0.1) is 39.0 Å². The van der Waals surface area contributed by atoms with Crippen molar-refractivity contribution in [1.29, 1.82) is 0 Å². The first-order chi connectivity index (χ1) is 16.4. The molecule has 184 valence electrons. The summed E-state index contributed by atoms with van der Waals surface area (Å²) in [5, 5.41) is 3.13. The highest BCUT2D eigenvalue weighted by atomic mass is 79.9. The zero-order chi connectivity index (χ0) is 25.0. The molecule has 0 unspecified atom stereocenters. The minimum absolute atomic E-state index is 0.181. The van der Waals surface area contributed by atoms with Crippen LogP contribution in [0.5, 0.6) is 23.0 Å². The molecule has 8 nitrogen and oxygen atoms in total. The average molecular weight is 535 g/mol. The van der Waals surface area contributed by atoms with E-state index in [0.29, 0.717) is 48.7 Å². The molecule has 2 amide bonds. The summed E-state index contributed by atoms with van der Waals surface area (Å²) >= 11 is 3.70. The lowest BCUT2D eigenvalue weighted by Crippen LogP contribution is -2.41. The van der Waals surface area contributed by atoms with Gasteiger partial charge < -0.3 is 29.2 Å². The molecule has 2 aromatic rings. The first-order valence-electron chi connectivity index (χ1n) is 11.1. The van der Waals surface area contributed by atoms with Gasteiger partial charge in [0.15, 0.2) is 17.2 Å². The summed E-state index contributed by atoms with van der Waals surface area (Å²) in [5.41, 5.74) is 2.88. The lowest BCUT2D eigenvalue weighted by atomic mass is 9.95. The third-order valence-corrected chi connectivity index (χ3v) is 6.99. The third kappa shape index (κ3) is 4.53. The maximum absolute atomic E-state index is 13.0. The fourth-order valence-corrected chi connectivity index (χ4v) is 5.18. The molecular formula is C25H31BrN2O6. The van der Waals surface area contributed by atoms with Crippen molar-refractivity contribution in [2.75, 3.05) is 41.5 Å². The van der Waals surface area contributed by atoms with Gasteiger partial charge in [-0.05, 0) is 71.4 Å². The number of fused-ring (bicyclic) bond motifs is 3. The minimum atomic E-state index is -0.408. The number of hydrogen-bond acceptors (Lipinski definition) is 6. The molecule has 0 fully saturated rings. The number of benzene rings is 1. The second-order valence-corrected chi connectivity index (χ2v) is 8.55. The summed E-state index contributed by atoms with van der Waals surface area (Å²) in [5.74, 6) is 1.66. The predicted octanol–water partition coefficient (Wildman–Crippen LogP) is 4.55. The Bertz CT molecular complexity index is 1130. The number of halogens is 1. The van der Waals surface area contributed by atoms with E-state index in [2.05, 4.69) is 21.2 Å². The Hall–Kier alpha value is -2.94. The van der Waals surface area contributed by atoms with Gasteiger partial charge in [0.2, 0.25) is 11.2 Å². The van der Waals surface area contributed by atoms with E-state index < -0.39 is 6.04 Å². The molecule has 0 saturated carbocycles. The standard InChI is InChI=1S/C25H31BrN2O6/c1-7-28(8-2)25(30)27-17-11-9-15-20(14-10-12-19(31-3)18(29)13-16(14)17)22(32-4)24(34-6)23(33-5)21(15)26/h10,12-13,17H,7-9,11H2,1-6H3,(H,27,30)/t17-/m0/s1. The van der Waals surface area contributed by atoms with E-state index in [4.69, 9.17) is 18.9 Å². The number of carbonyl (C=O) groups excluding carboxylic acids is 1. The van der Waals surface area contributed by atoms with Gasteiger partial charge in [-0.3, -0.25) is 4.79 Å². The van der Waals surface area contributed by atoms with Crippen molar-refractivity contribution in [2.45, 2.75) is 32.7 Å². The van der Waals surface area contributed by atoms with Crippen LogP contribution in [0.3, 0.4) is 0 Å². The van der Waals surface area contributed by atoms with Crippen LogP contribution in [0.15, 0.2) is 27.5 Å². The fourth-order valence-electron chi connectivity index (χ4n) is 4.44. The smallest absolute Gasteiger partial charge is 0.317 e. The van der Waals surface area contributed by atoms with Crippen molar-refractivity contribution < 1.29 is 23.7 Å². The molecule has 1 aliphatic carbocycles. The van der Waals surface area contributed by atoms with Crippen molar-refractivity contribution >= 4 is 22.0 Å². The van der Waals surface area contributed by atoms with Gasteiger partial charge in [0, 0.05) is 18.7 Å². The summed E-state index contributed by atoms with van der Waals surface area (Å²) in [6, 6.07) is 4.43. The quantitative estimate of drug-likeness (QED) is 0.560. The highest BCUT2D eigenvalue weighted by Gasteiger charge is 2.32. The fraction of sp³-hybridized carbons (Fsp3) is 0.440. The van der Waals surface area contributed by atoms with Gasteiger partial charge in [-0.25, -0.2) is 4.79 Å². The Kier molecular flexibility index (Phi) is 8.30. The molecule has 9 heteroatoms. The van der Waals surface area contributed by atoms with Crippen LogP contribution in [0.1, 0.15) is 37.4 Å². The lowest BCUT2D eigenvalue weighted by Gasteiger charge is -2.24. The third-order valence-electron chi connectivity index (χ3n) is 6.16. The second kappa shape index (κ2) is 11.0. The number of carbonyl (C=O) groups is 1. The van der Waals surface area contributed by atoms with Crippen LogP contribution in [0, 0.1) is 0 Å². The number of nitrogens with one attached hydrogen (secondary N) is 1. The zero-order valence-electron chi connectivity index (χ0n) is 20.4. The summed E-state index contributed by atoms with van der Waals surface area (Å²) in [4.78, 5) is 27.6. The Morgan fingerprint density at radius 2 is 1.68 bits per heavy atom. The Balaban J connectivity index is 2.36. The van der Waals surface area contributed by atoms with E-state index in [9.17, 15) is 9.59 Å². The number of amides is 2. The van der Waals surface area contributed by atoms with Crippen LogP contribution in [0.4, 0.5) is 4.79 Å². The molecular weight excluding hydrogens is 504 g/mol. The number of methoxy groups -OCH3 is 4.